The lowest BCUT2D eigenvalue weighted by Crippen LogP contribution is -2.46. The van der Waals surface area contributed by atoms with Crippen molar-refractivity contribution in [3.8, 4) is 0 Å². The Morgan fingerprint density at radius 3 is 2.57 bits per heavy atom. The van der Waals surface area contributed by atoms with Crippen LogP contribution in [0.1, 0.15) is 33.3 Å². The van der Waals surface area contributed by atoms with Crippen molar-refractivity contribution < 1.29 is 4.74 Å². The molecule has 2 rings (SSSR count). The van der Waals surface area contributed by atoms with Crippen LogP contribution in [0.25, 0.3) is 0 Å². The zero-order chi connectivity index (χ0) is 15.4. The summed E-state index contributed by atoms with van der Waals surface area (Å²) in [4.78, 5) is 2.37. The van der Waals surface area contributed by atoms with E-state index in [1.807, 2.05) is 12.1 Å². The summed E-state index contributed by atoms with van der Waals surface area (Å²) < 4.78 is 5.83. The molecule has 0 saturated carbocycles. The van der Waals surface area contributed by atoms with E-state index in [-0.39, 0.29) is 12.2 Å². The monoisotopic (exact) mass is 310 g/mol. The second kappa shape index (κ2) is 7.48. The van der Waals surface area contributed by atoms with Crippen LogP contribution in [0.5, 0.6) is 0 Å². The van der Waals surface area contributed by atoms with Gasteiger partial charge in [-0.1, -0.05) is 37.6 Å². The van der Waals surface area contributed by atoms with Gasteiger partial charge in [-0.15, -0.1) is 0 Å². The molecule has 0 bridgehead atoms. The summed E-state index contributed by atoms with van der Waals surface area (Å²) in [5.74, 6) is 0.649. The number of hydrogen-bond donors (Lipinski definition) is 1. The van der Waals surface area contributed by atoms with Crippen LogP contribution in [-0.4, -0.2) is 31.8 Å². The number of rotatable bonds is 5. The van der Waals surface area contributed by atoms with Crippen molar-refractivity contribution in [3.05, 3.63) is 28.8 Å². The second-order valence-corrected chi connectivity index (χ2v) is 6.84. The maximum atomic E-state index is 6.49. The average molecular weight is 311 g/mol. The van der Waals surface area contributed by atoms with E-state index in [1.165, 1.54) is 5.56 Å². The molecule has 118 valence electrons. The normalized spacial score (nSPS) is 22.9. The molecule has 1 aromatic rings. The van der Waals surface area contributed by atoms with Crippen LogP contribution in [0, 0.1) is 5.92 Å². The molecule has 1 N–H and O–H groups in total. The predicted molar refractivity (Wildman–Crippen MR) is 90.2 cm³/mol. The Morgan fingerprint density at radius 1 is 1.29 bits per heavy atom. The molecule has 1 aromatic carbocycles. The van der Waals surface area contributed by atoms with Crippen LogP contribution >= 0.6 is 11.6 Å². The molecular formula is C17H27ClN2O. The molecule has 0 amide bonds. The van der Waals surface area contributed by atoms with Crippen molar-refractivity contribution in [1.29, 1.82) is 0 Å². The average Bonchev–Trinajstić information content (AvgIpc) is 2.37. The molecule has 1 heterocycles. The van der Waals surface area contributed by atoms with Gasteiger partial charge in [0.15, 0.2) is 0 Å². The van der Waals surface area contributed by atoms with E-state index in [0.717, 1.165) is 36.9 Å². The molecule has 2 atom stereocenters. The minimum Gasteiger partial charge on any atom is -0.372 e. The number of benzene rings is 1. The van der Waals surface area contributed by atoms with Crippen LogP contribution in [0.2, 0.25) is 5.02 Å². The Balaban J connectivity index is 2.16. The number of halogens is 1. The SMILES string of the molecule is CC(C)CNCc1cccc(Cl)c1N1CC(C)OC(C)C1. The van der Waals surface area contributed by atoms with Gasteiger partial charge in [0.05, 0.1) is 22.9 Å². The minimum atomic E-state index is 0.237. The molecule has 0 spiro atoms. The number of nitrogens with one attached hydrogen (secondary N) is 1. The predicted octanol–water partition coefficient (Wildman–Crippen LogP) is 3.70. The summed E-state index contributed by atoms with van der Waals surface area (Å²) in [6.07, 6.45) is 0.475. The lowest BCUT2D eigenvalue weighted by Gasteiger charge is -2.38. The fourth-order valence-electron chi connectivity index (χ4n) is 2.91. The van der Waals surface area contributed by atoms with E-state index in [0.29, 0.717) is 5.92 Å². The topological polar surface area (TPSA) is 24.5 Å². The molecule has 2 unspecified atom stereocenters. The smallest absolute Gasteiger partial charge is 0.0726 e. The molecule has 1 fully saturated rings. The van der Waals surface area contributed by atoms with E-state index >= 15 is 0 Å². The van der Waals surface area contributed by atoms with Crippen molar-refractivity contribution >= 4 is 17.3 Å². The maximum absolute atomic E-state index is 6.49. The van der Waals surface area contributed by atoms with Gasteiger partial charge in [-0.2, -0.15) is 0 Å². The zero-order valence-electron chi connectivity index (χ0n) is 13.5. The van der Waals surface area contributed by atoms with Gasteiger partial charge >= 0.3 is 0 Å². The molecule has 0 aliphatic carbocycles. The fraction of sp³-hybridized carbons (Fsp3) is 0.647. The highest BCUT2D eigenvalue weighted by molar-refractivity contribution is 6.33. The van der Waals surface area contributed by atoms with Crippen LogP contribution in [-0.2, 0) is 11.3 Å². The van der Waals surface area contributed by atoms with Gasteiger partial charge in [0.25, 0.3) is 0 Å². The highest BCUT2D eigenvalue weighted by Gasteiger charge is 2.25. The first-order chi connectivity index (χ1) is 9.97. The van der Waals surface area contributed by atoms with Gasteiger partial charge < -0.3 is 15.0 Å². The molecule has 1 saturated heterocycles. The number of hydrogen-bond acceptors (Lipinski definition) is 3. The van der Waals surface area contributed by atoms with E-state index < -0.39 is 0 Å². The Hall–Kier alpha value is -0.770. The third-order valence-corrected chi connectivity index (χ3v) is 3.98. The summed E-state index contributed by atoms with van der Waals surface area (Å²) in [7, 11) is 0. The van der Waals surface area contributed by atoms with Gasteiger partial charge in [0, 0.05) is 19.6 Å². The van der Waals surface area contributed by atoms with Crippen molar-refractivity contribution in [1.82, 2.24) is 5.32 Å². The summed E-state index contributed by atoms with van der Waals surface area (Å²) >= 11 is 6.49. The third-order valence-electron chi connectivity index (χ3n) is 3.67. The summed E-state index contributed by atoms with van der Waals surface area (Å²) in [5, 5.41) is 4.35. The zero-order valence-corrected chi connectivity index (χ0v) is 14.3. The first-order valence-electron chi connectivity index (χ1n) is 7.86. The number of para-hydroxylation sites is 1. The molecule has 0 radical (unpaired) electrons. The summed E-state index contributed by atoms with van der Waals surface area (Å²) in [6.45, 7) is 12.3. The van der Waals surface area contributed by atoms with Crippen LogP contribution < -0.4 is 10.2 Å². The summed E-state index contributed by atoms with van der Waals surface area (Å²) in [6, 6.07) is 6.18. The number of morpholine rings is 1. The van der Waals surface area contributed by atoms with Gasteiger partial charge in [0.2, 0.25) is 0 Å². The minimum absolute atomic E-state index is 0.237. The van der Waals surface area contributed by atoms with Gasteiger partial charge in [-0.25, -0.2) is 0 Å². The first kappa shape index (κ1) is 16.6. The van der Waals surface area contributed by atoms with Crippen LogP contribution in [0.4, 0.5) is 5.69 Å². The van der Waals surface area contributed by atoms with Crippen molar-refractivity contribution in [2.75, 3.05) is 24.5 Å². The molecule has 0 aromatic heterocycles. The van der Waals surface area contributed by atoms with Gasteiger partial charge in [-0.3, -0.25) is 0 Å². The molecule has 1 aliphatic rings. The Bertz CT molecular complexity index is 454. The van der Waals surface area contributed by atoms with Crippen molar-refractivity contribution in [3.63, 3.8) is 0 Å². The fourth-order valence-corrected chi connectivity index (χ4v) is 3.23. The third kappa shape index (κ3) is 4.60. The Morgan fingerprint density at radius 2 is 1.95 bits per heavy atom. The highest BCUT2D eigenvalue weighted by Crippen LogP contribution is 2.32. The van der Waals surface area contributed by atoms with Crippen molar-refractivity contribution in [2.24, 2.45) is 5.92 Å². The summed E-state index contributed by atoms with van der Waals surface area (Å²) in [5.41, 5.74) is 2.43. The highest BCUT2D eigenvalue weighted by atomic mass is 35.5. The van der Waals surface area contributed by atoms with E-state index in [4.69, 9.17) is 16.3 Å². The van der Waals surface area contributed by atoms with Gasteiger partial charge in [0.1, 0.15) is 0 Å². The molecule has 1 aliphatic heterocycles. The van der Waals surface area contributed by atoms with Crippen LogP contribution in [0.3, 0.4) is 0 Å². The first-order valence-corrected chi connectivity index (χ1v) is 8.23. The lowest BCUT2D eigenvalue weighted by atomic mass is 10.1. The van der Waals surface area contributed by atoms with E-state index in [9.17, 15) is 0 Å². The van der Waals surface area contributed by atoms with Crippen LogP contribution in [0.15, 0.2) is 18.2 Å². The Kier molecular flexibility index (Phi) is 5.91. The Labute approximate surface area is 133 Å². The number of nitrogens with zero attached hydrogens (tertiary/aromatic N) is 1. The van der Waals surface area contributed by atoms with Crippen molar-refractivity contribution in [2.45, 2.75) is 46.4 Å². The second-order valence-electron chi connectivity index (χ2n) is 6.43. The molecular weight excluding hydrogens is 284 g/mol. The number of ether oxygens (including phenoxy) is 1. The quantitative estimate of drug-likeness (QED) is 0.897. The van der Waals surface area contributed by atoms with E-state index in [1.54, 1.807) is 0 Å². The standard InChI is InChI=1S/C17H27ClN2O/c1-12(2)8-19-9-15-6-5-7-16(18)17(15)20-10-13(3)21-14(4)11-20/h5-7,12-14,19H,8-11H2,1-4H3. The lowest BCUT2D eigenvalue weighted by molar-refractivity contribution is -0.00525. The molecule has 4 heteroatoms. The number of anilines is 1. The molecule has 3 nitrogen and oxygen atoms in total. The maximum Gasteiger partial charge on any atom is 0.0726 e. The van der Waals surface area contributed by atoms with Gasteiger partial charge in [-0.05, 0) is 37.9 Å². The van der Waals surface area contributed by atoms with E-state index in [2.05, 4.69) is 44.0 Å². The molecule has 21 heavy (non-hydrogen) atoms. The largest absolute Gasteiger partial charge is 0.372 e.